The Morgan fingerprint density at radius 3 is 2.62 bits per heavy atom. The summed E-state index contributed by atoms with van der Waals surface area (Å²) in [5.41, 5.74) is 2.03. The maximum absolute atomic E-state index is 11.8. The van der Waals surface area contributed by atoms with Gasteiger partial charge in [0.15, 0.2) is 0 Å². The molecule has 7 heteroatoms. The maximum atomic E-state index is 11.8. The highest BCUT2D eigenvalue weighted by molar-refractivity contribution is 6.13. The Balaban J connectivity index is 1.94. The lowest BCUT2D eigenvalue weighted by Crippen LogP contribution is -2.22. The highest BCUT2D eigenvalue weighted by atomic mass is 16.5. The molecule has 3 rings (SSSR count). The average molecular weight is 326 g/mol. The minimum atomic E-state index is -0.570. The highest BCUT2D eigenvalue weighted by Gasteiger charge is 2.23. The molecular formula is C17H14N2O5. The van der Waals surface area contributed by atoms with E-state index in [0.717, 1.165) is 11.1 Å². The summed E-state index contributed by atoms with van der Waals surface area (Å²) in [7, 11) is 1.33. The normalized spacial score (nSPS) is 15.3. The minimum absolute atomic E-state index is 0.112. The van der Waals surface area contributed by atoms with Gasteiger partial charge in [-0.2, -0.15) is 0 Å². The van der Waals surface area contributed by atoms with Crippen LogP contribution < -0.4 is 10.6 Å². The lowest BCUT2D eigenvalue weighted by Gasteiger charge is -2.07. The Morgan fingerprint density at radius 1 is 1.17 bits per heavy atom. The van der Waals surface area contributed by atoms with E-state index < -0.39 is 17.9 Å². The van der Waals surface area contributed by atoms with Crippen molar-refractivity contribution in [2.75, 3.05) is 7.11 Å². The van der Waals surface area contributed by atoms with Crippen molar-refractivity contribution < 1.29 is 23.5 Å². The zero-order chi connectivity index (χ0) is 17.3. The fraction of sp³-hybridized carbons (Fsp3) is 0.118. The molecule has 0 radical (unpaired) electrons. The van der Waals surface area contributed by atoms with Crippen molar-refractivity contribution in [3.05, 3.63) is 52.9 Å². The first kappa shape index (κ1) is 15.5. The van der Waals surface area contributed by atoms with Crippen LogP contribution in [0.5, 0.6) is 0 Å². The van der Waals surface area contributed by atoms with Gasteiger partial charge < -0.3 is 14.5 Å². The molecule has 0 spiro atoms. The number of rotatable bonds is 3. The smallest absolute Gasteiger partial charge is 0.338 e. The average Bonchev–Trinajstić information content (AvgIpc) is 3.14. The number of hydrogen-bond donors (Lipinski definition) is 2. The van der Waals surface area contributed by atoms with E-state index in [2.05, 4.69) is 10.6 Å². The van der Waals surface area contributed by atoms with E-state index in [9.17, 15) is 14.4 Å². The number of methoxy groups -OCH3 is 1. The third-order valence-electron chi connectivity index (χ3n) is 3.64. The molecule has 0 atom stereocenters. The number of imide groups is 1. The second-order valence-electron chi connectivity index (χ2n) is 5.14. The van der Waals surface area contributed by atoms with E-state index in [1.54, 1.807) is 31.2 Å². The van der Waals surface area contributed by atoms with Crippen molar-refractivity contribution in [3.63, 3.8) is 0 Å². The number of carbonyl (C=O) groups excluding carboxylic acids is 3. The zero-order valence-corrected chi connectivity index (χ0v) is 13.0. The molecule has 0 bridgehead atoms. The summed E-state index contributed by atoms with van der Waals surface area (Å²) >= 11 is 0. The lowest BCUT2D eigenvalue weighted by molar-refractivity contribution is -0.115. The summed E-state index contributed by atoms with van der Waals surface area (Å²) < 4.78 is 10.5. The molecule has 7 nitrogen and oxygen atoms in total. The molecule has 122 valence electrons. The monoisotopic (exact) mass is 326 g/mol. The number of esters is 1. The first-order valence-corrected chi connectivity index (χ1v) is 7.12. The van der Waals surface area contributed by atoms with Crippen molar-refractivity contribution in [3.8, 4) is 11.3 Å². The molecule has 1 aliphatic rings. The van der Waals surface area contributed by atoms with Crippen LogP contribution >= 0.6 is 0 Å². The van der Waals surface area contributed by atoms with E-state index in [0.29, 0.717) is 17.1 Å². The third-order valence-corrected chi connectivity index (χ3v) is 3.64. The molecule has 1 aromatic heterocycles. The van der Waals surface area contributed by atoms with Gasteiger partial charge in [-0.25, -0.2) is 9.59 Å². The number of carbonyl (C=O) groups is 3. The predicted molar refractivity (Wildman–Crippen MR) is 84.9 cm³/mol. The van der Waals surface area contributed by atoms with Gasteiger partial charge in [-0.3, -0.25) is 10.1 Å². The van der Waals surface area contributed by atoms with Gasteiger partial charge in [0.1, 0.15) is 17.2 Å². The molecule has 0 aliphatic carbocycles. The van der Waals surface area contributed by atoms with Crippen molar-refractivity contribution in [1.82, 2.24) is 10.6 Å². The topological polar surface area (TPSA) is 97.6 Å². The molecule has 1 fully saturated rings. The van der Waals surface area contributed by atoms with E-state index in [1.165, 1.54) is 13.2 Å². The van der Waals surface area contributed by atoms with Crippen molar-refractivity contribution in [2.45, 2.75) is 6.92 Å². The zero-order valence-electron chi connectivity index (χ0n) is 13.0. The molecule has 1 saturated heterocycles. The predicted octanol–water partition coefficient (Wildman–Crippen LogP) is 2.22. The number of nitrogens with one attached hydrogen (secondary N) is 2. The van der Waals surface area contributed by atoms with Crippen LogP contribution in [0.1, 0.15) is 21.7 Å². The molecule has 0 saturated carbocycles. The fourth-order valence-electron chi connectivity index (χ4n) is 2.43. The summed E-state index contributed by atoms with van der Waals surface area (Å²) in [6, 6.07) is 8.06. The van der Waals surface area contributed by atoms with Gasteiger partial charge in [0.25, 0.3) is 5.91 Å². The van der Waals surface area contributed by atoms with Gasteiger partial charge in [0.05, 0.1) is 12.7 Å². The summed E-state index contributed by atoms with van der Waals surface area (Å²) in [5.74, 6) is 0.00506. The Hall–Kier alpha value is -3.35. The highest BCUT2D eigenvalue weighted by Crippen LogP contribution is 2.28. The van der Waals surface area contributed by atoms with Crippen LogP contribution in [-0.4, -0.2) is 25.0 Å². The van der Waals surface area contributed by atoms with Crippen LogP contribution in [0, 0.1) is 6.92 Å². The first-order chi connectivity index (χ1) is 11.5. The van der Waals surface area contributed by atoms with Gasteiger partial charge in [0.2, 0.25) is 0 Å². The van der Waals surface area contributed by atoms with Gasteiger partial charge in [-0.05, 0) is 30.7 Å². The van der Waals surface area contributed by atoms with Crippen LogP contribution in [0.25, 0.3) is 17.4 Å². The number of urea groups is 1. The van der Waals surface area contributed by atoms with E-state index in [4.69, 9.17) is 9.15 Å². The Morgan fingerprint density at radius 2 is 1.96 bits per heavy atom. The van der Waals surface area contributed by atoms with Crippen LogP contribution in [0.2, 0.25) is 0 Å². The number of ether oxygens (including phenoxy) is 1. The van der Waals surface area contributed by atoms with Crippen LogP contribution in [0.4, 0.5) is 4.79 Å². The number of furan rings is 1. The van der Waals surface area contributed by atoms with Crippen LogP contribution in [-0.2, 0) is 9.53 Å². The second-order valence-corrected chi connectivity index (χ2v) is 5.14. The minimum Gasteiger partial charge on any atom is -0.465 e. The summed E-state index contributed by atoms with van der Waals surface area (Å²) in [6.07, 6.45) is 1.43. The van der Waals surface area contributed by atoms with E-state index >= 15 is 0 Å². The van der Waals surface area contributed by atoms with Crippen LogP contribution in [0.15, 0.2) is 40.4 Å². The summed E-state index contributed by atoms with van der Waals surface area (Å²) in [5, 5.41) is 4.50. The summed E-state index contributed by atoms with van der Waals surface area (Å²) in [6.45, 7) is 1.80. The second kappa shape index (κ2) is 6.04. The number of amides is 3. The third kappa shape index (κ3) is 2.79. The molecule has 0 unspecified atom stereocenters. The fourth-order valence-corrected chi connectivity index (χ4v) is 2.43. The van der Waals surface area contributed by atoms with Gasteiger partial charge >= 0.3 is 12.0 Å². The Kier molecular flexibility index (Phi) is 3.91. The van der Waals surface area contributed by atoms with Crippen LogP contribution in [0.3, 0.4) is 0 Å². The molecule has 24 heavy (non-hydrogen) atoms. The Labute approximate surface area is 137 Å². The van der Waals surface area contributed by atoms with Crippen molar-refractivity contribution in [1.29, 1.82) is 0 Å². The summed E-state index contributed by atoms with van der Waals surface area (Å²) in [4.78, 5) is 34.4. The first-order valence-electron chi connectivity index (χ1n) is 7.12. The molecule has 1 aliphatic heterocycles. The molecule has 2 heterocycles. The largest absolute Gasteiger partial charge is 0.465 e. The molecule has 2 N–H and O–H groups in total. The number of benzene rings is 1. The van der Waals surface area contributed by atoms with E-state index in [-0.39, 0.29) is 5.70 Å². The molecule has 1 aromatic carbocycles. The molecule has 2 aromatic rings. The lowest BCUT2D eigenvalue weighted by atomic mass is 10.0. The van der Waals surface area contributed by atoms with Crippen molar-refractivity contribution >= 4 is 24.0 Å². The molecule has 3 amide bonds. The van der Waals surface area contributed by atoms with E-state index in [1.807, 2.05) is 6.07 Å². The van der Waals surface area contributed by atoms with Gasteiger partial charge in [-0.1, -0.05) is 12.1 Å². The van der Waals surface area contributed by atoms with Gasteiger partial charge in [0, 0.05) is 11.6 Å². The standard InChI is InChI=1S/C17H14N2O5/c1-9-11(4-3-5-12(9)16(21)23-2)14-7-6-10(24-14)8-13-15(20)19-17(22)18-13/h3-8H,1-2H3,(H2,18,19,20,22)/b13-8+. The maximum Gasteiger partial charge on any atom is 0.338 e. The SMILES string of the molecule is COC(=O)c1cccc(-c2ccc(/C=C3/NC(=O)NC3=O)o2)c1C. The molecular weight excluding hydrogens is 312 g/mol. The van der Waals surface area contributed by atoms with Crippen molar-refractivity contribution in [2.24, 2.45) is 0 Å². The quantitative estimate of drug-likeness (QED) is 0.512. The number of hydrogen-bond acceptors (Lipinski definition) is 5. The Bertz CT molecular complexity index is 879. The van der Waals surface area contributed by atoms with Gasteiger partial charge in [-0.15, -0.1) is 0 Å².